The van der Waals surface area contributed by atoms with Crippen LogP contribution in [0, 0.1) is 19.3 Å². The molecule has 0 radical (unpaired) electrons. The van der Waals surface area contributed by atoms with Crippen LogP contribution in [0.2, 0.25) is 0 Å². The van der Waals surface area contributed by atoms with E-state index in [1.54, 1.807) is 13.8 Å². The molecule has 0 bridgehead atoms. The van der Waals surface area contributed by atoms with Crippen molar-refractivity contribution < 1.29 is 4.79 Å². The Balaban J connectivity index is 2.71. The van der Waals surface area contributed by atoms with Gasteiger partial charge in [0.2, 0.25) is 0 Å². The van der Waals surface area contributed by atoms with Crippen molar-refractivity contribution in [3.05, 3.63) is 23.8 Å². The van der Waals surface area contributed by atoms with Gasteiger partial charge in [-0.05, 0) is 13.8 Å². The summed E-state index contributed by atoms with van der Waals surface area (Å²) in [5.74, 6) is 2.09. The van der Waals surface area contributed by atoms with Gasteiger partial charge in [-0.3, -0.25) is 9.78 Å². The number of aryl methyl sites for hydroxylation is 1. The van der Waals surface area contributed by atoms with Crippen molar-refractivity contribution in [2.75, 3.05) is 0 Å². The van der Waals surface area contributed by atoms with E-state index in [0.717, 1.165) is 5.69 Å². The molecule has 1 amide bonds. The summed E-state index contributed by atoms with van der Waals surface area (Å²) in [5, 5.41) is 2.59. The lowest BCUT2D eigenvalue weighted by molar-refractivity contribution is 0.0942. The fraction of sp³-hybridized carbons (Fsp3) is 0.300. The molecule has 0 aliphatic heterocycles. The van der Waals surface area contributed by atoms with E-state index in [0.29, 0.717) is 0 Å². The summed E-state index contributed by atoms with van der Waals surface area (Å²) < 4.78 is 0. The molecule has 1 unspecified atom stereocenters. The van der Waals surface area contributed by atoms with Crippen LogP contribution >= 0.6 is 0 Å². The van der Waals surface area contributed by atoms with Crippen molar-refractivity contribution in [2.24, 2.45) is 0 Å². The van der Waals surface area contributed by atoms with Crippen LogP contribution in [-0.4, -0.2) is 21.9 Å². The molecule has 0 saturated carbocycles. The van der Waals surface area contributed by atoms with E-state index in [-0.39, 0.29) is 17.6 Å². The lowest BCUT2D eigenvalue weighted by atomic mass is 10.3. The topological polar surface area (TPSA) is 54.9 Å². The summed E-state index contributed by atoms with van der Waals surface area (Å²) in [6.07, 6.45) is 8.08. The Bertz CT molecular complexity index is 364. The van der Waals surface area contributed by atoms with E-state index in [4.69, 9.17) is 6.42 Å². The zero-order chi connectivity index (χ0) is 10.6. The number of hydrogen-bond acceptors (Lipinski definition) is 3. The largest absolute Gasteiger partial charge is 0.337 e. The summed E-state index contributed by atoms with van der Waals surface area (Å²) >= 11 is 0. The number of carbonyl (C=O) groups is 1. The number of nitrogens with one attached hydrogen (secondary N) is 1. The predicted molar refractivity (Wildman–Crippen MR) is 52.5 cm³/mol. The molecule has 4 heteroatoms. The Kier molecular flexibility index (Phi) is 3.19. The second kappa shape index (κ2) is 4.38. The molecule has 1 heterocycles. The summed E-state index contributed by atoms with van der Waals surface area (Å²) in [4.78, 5) is 19.3. The fourth-order valence-corrected chi connectivity index (χ4v) is 0.822. The number of rotatable bonds is 2. The maximum Gasteiger partial charge on any atom is 0.272 e. The molecule has 1 aromatic rings. The van der Waals surface area contributed by atoms with Gasteiger partial charge in [0, 0.05) is 6.20 Å². The summed E-state index contributed by atoms with van der Waals surface area (Å²) in [5.41, 5.74) is 1.05. The first-order valence-corrected chi connectivity index (χ1v) is 4.19. The molecule has 1 atom stereocenters. The second-order valence-electron chi connectivity index (χ2n) is 2.90. The molecule has 0 aliphatic rings. The van der Waals surface area contributed by atoms with Crippen molar-refractivity contribution in [1.82, 2.24) is 15.3 Å². The van der Waals surface area contributed by atoms with E-state index in [1.165, 1.54) is 12.4 Å². The van der Waals surface area contributed by atoms with Gasteiger partial charge in [0.05, 0.1) is 17.9 Å². The zero-order valence-corrected chi connectivity index (χ0v) is 8.11. The van der Waals surface area contributed by atoms with Crippen LogP contribution in [0.1, 0.15) is 23.1 Å². The van der Waals surface area contributed by atoms with E-state index in [1.807, 2.05) is 0 Å². The molecule has 4 nitrogen and oxygen atoms in total. The molecular formula is C10H11N3O. The summed E-state index contributed by atoms with van der Waals surface area (Å²) in [7, 11) is 0. The molecule has 14 heavy (non-hydrogen) atoms. The van der Waals surface area contributed by atoms with Gasteiger partial charge in [-0.25, -0.2) is 4.98 Å². The van der Waals surface area contributed by atoms with Crippen LogP contribution in [0.3, 0.4) is 0 Å². The minimum atomic E-state index is -0.303. The number of nitrogens with zero attached hydrogens (tertiary/aromatic N) is 2. The Morgan fingerprint density at radius 1 is 1.57 bits per heavy atom. The average Bonchev–Trinajstić information content (AvgIpc) is 2.18. The van der Waals surface area contributed by atoms with Gasteiger partial charge in [0.25, 0.3) is 5.91 Å². The molecule has 0 aromatic carbocycles. The molecule has 1 N–H and O–H groups in total. The van der Waals surface area contributed by atoms with Crippen LogP contribution in [-0.2, 0) is 0 Å². The lowest BCUT2D eigenvalue weighted by Crippen LogP contribution is -2.31. The van der Waals surface area contributed by atoms with Crippen LogP contribution < -0.4 is 5.32 Å². The first-order valence-electron chi connectivity index (χ1n) is 4.19. The molecule has 0 spiro atoms. The molecule has 72 valence electrons. The fourth-order valence-electron chi connectivity index (χ4n) is 0.822. The maximum absolute atomic E-state index is 11.4. The Labute approximate surface area is 82.8 Å². The van der Waals surface area contributed by atoms with Gasteiger partial charge in [-0.1, -0.05) is 5.92 Å². The maximum atomic E-state index is 11.4. The van der Waals surface area contributed by atoms with Crippen LogP contribution in [0.4, 0.5) is 0 Å². The molecular weight excluding hydrogens is 178 g/mol. The highest BCUT2D eigenvalue weighted by atomic mass is 16.1. The number of terminal acetylenes is 1. The monoisotopic (exact) mass is 189 g/mol. The van der Waals surface area contributed by atoms with Crippen molar-refractivity contribution in [3.63, 3.8) is 0 Å². The van der Waals surface area contributed by atoms with Crippen molar-refractivity contribution in [2.45, 2.75) is 19.9 Å². The molecule has 0 fully saturated rings. The van der Waals surface area contributed by atoms with E-state index >= 15 is 0 Å². The highest BCUT2D eigenvalue weighted by Crippen LogP contribution is 1.94. The number of aromatic nitrogens is 2. The highest BCUT2D eigenvalue weighted by molar-refractivity contribution is 5.92. The third kappa shape index (κ3) is 2.56. The first-order chi connectivity index (χ1) is 6.63. The van der Waals surface area contributed by atoms with Gasteiger partial charge in [0.1, 0.15) is 5.69 Å². The van der Waals surface area contributed by atoms with Crippen molar-refractivity contribution in [1.29, 1.82) is 0 Å². The van der Waals surface area contributed by atoms with Gasteiger partial charge in [-0.2, -0.15) is 0 Å². The Morgan fingerprint density at radius 3 is 2.79 bits per heavy atom. The average molecular weight is 189 g/mol. The number of hydrogen-bond donors (Lipinski definition) is 1. The van der Waals surface area contributed by atoms with Crippen LogP contribution in [0.15, 0.2) is 12.4 Å². The van der Waals surface area contributed by atoms with Crippen LogP contribution in [0.25, 0.3) is 0 Å². The summed E-state index contributed by atoms with van der Waals surface area (Å²) in [6, 6.07) is -0.300. The van der Waals surface area contributed by atoms with E-state index in [9.17, 15) is 4.79 Å². The van der Waals surface area contributed by atoms with Gasteiger partial charge in [-0.15, -0.1) is 6.42 Å². The van der Waals surface area contributed by atoms with Gasteiger partial charge >= 0.3 is 0 Å². The van der Waals surface area contributed by atoms with E-state index < -0.39 is 0 Å². The number of carbonyl (C=O) groups excluding carboxylic acids is 1. The molecule has 0 aliphatic carbocycles. The third-order valence-corrected chi connectivity index (χ3v) is 1.61. The first kappa shape index (κ1) is 10.2. The third-order valence-electron chi connectivity index (χ3n) is 1.61. The van der Waals surface area contributed by atoms with Gasteiger partial charge in [0.15, 0.2) is 0 Å². The van der Waals surface area contributed by atoms with E-state index in [2.05, 4.69) is 21.2 Å². The van der Waals surface area contributed by atoms with Crippen LogP contribution in [0.5, 0.6) is 0 Å². The minimum Gasteiger partial charge on any atom is -0.337 e. The smallest absolute Gasteiger partial charge is 0.272 e. The van der Waals surface area contributed by atoms with Gasteiger partial charge < -0.3 is 5.32 Å². The Morgan fingerprint density at radius 2 is 2.29 bits per heavy atom. The quantitative estimate of drug-likeness (QED) is 0.691. The number of amides is 1. The lowest BCUT2D eigenvalue weighted by Gasteiger charge is -2.06. The second-order valence-corrected chi connectivity index (χ2v) is 2.90. The molecule has 1 aromatic heterocycles. The highest BCUT2D eigenvalue weighted by Gasteiger charge is 2.08. The standard InChI is InChI=1S/C10H11N3O/c1-4-7(2)13-10(14)9-6-11-8(3)5-12-9/h1,5-7H,2-3H3,(H,13,14). The van der Waals surface area contributed by atoms with Crippen molar-refractivity contribution >= 4 is 5.91 Å². The molecule has 1 rings (SSSR count). The van der Waals surface area contributed by atoms with Crippen molar-refractivity contribution in [3.8, 4) is 12.3 Å². The zero-order valence-electron chi connectivity index (χ0n) is 8.11. The summed E-state index contributed by atoms with van der Waals surface area (Å²) in [6.45, 7) is 3.53. The predicted octanol–water partition coefficient (Wildman–Crippen LogP) is 0.537. The minimum absolute atomic E-state index is 0.276. The SMILES string of the molecule is C#CC(C)NC(=O)c1cnc(C)cn1. The normalized spacial score (nSPS) is 11.5. The molecule has 0 saturated heterocycles. The Hall–Kier alpha value is -1.89.